The average molecular weight is 361 g/mol. The Kier molecular flexibility index (Phi) is 5.39. The molecule has 0 aliphatic carbocycles. The van der Waals surface area contributed by atoms with E-state index in [1.807, 2.05) is 0 Å². The third-order valence-electron chi connectivity index (χ3n) is 4.53. The predicted molar refractivity (Wildman–Crippen MR) is 102 cm³/mol. The van der Waals surface area contributed by atoms with Crippen molar-refractivity contribution < 1.29 is 4.74 Å². The number of ether oxygens (including phenoxy) is 1. The number of aryl methyl sites for hydroxylation is 1. The number of thiazole rings is 1. The lowest BCUT2D eigenvalue weighted by molar-refractivity contribution is 0.181. The summed E-state index contributed by atoms with van der Waals surface area (Å²) in [6, 6.07) is 2.08. The van der Waals surface area contributed by atoms with Crippen LogP contribution in [0.25, 0.3) is 0 Å². The van der Waals surface area contributed by atoms with Crippen LogP contribution in [0.2, 0.25) is 0 Å². The normalized spacial score (nSPS) is 16.4. The van der Waals surface area contributed by atoms with Crippen LogP contribution in [0.3, 0.4) is 0 Å². The summed E-state index contributed by atoms with van der Waals surface area (Å²) in [6.45, 7) is 11.1. The van der Waals surface area contributed by atoms with Gasteiger partial charge in [-0.15, -0.1) is 11.3 Å². The fourth-order valence-electron chi connectivity index (χ4n) is 3.12. The van der Waals surface area contributed by atoms with Crippen molar-refractivity contribution in [1.29, 1.82) is 0 Å². The van der Waals surface area contributed by atoms with E-state index in [-0.39, 0.29) is 5.41 Å². The smallest absolute Gasteiger partial charge is 0.136 e. The highest BCUT2D eigenvalue weighted by Crippen LogP contribution is 2.32. The number of anilines is 1. The molecular weight excluding hydrogens is 332 g/mol. The molecule has 0 saturated carbocycles. The Labute approximate surface area is 154 Å². The minimum atomic E-state index is -0.0742. The summed E-state index contributed by atoms with van der Waals surface area (Å²) in [4.78, 5) is 16.6. The van der Waals surface area contributed by atoms with E-state index in [2.05, 4.69) is 54.0 Å². The molecule has 1 saturated heterocycles. The summed E-state index contributed by atoms with van der Waals surface area (Å²) in [6.07, 6.45) is 2.25. The predicted octanol–water partition coefficient (Wildman–Crippen LogP) is 4.07. The highest BCUT2D eigenvalue weighted by molar-refractivity contribution is 7.09. The van der Waals surface area contributed by atoms with E-state index in [1.165, 1.54) is 5.01 Å². The maximum Gasteiger partial charge on any atom is 0.136 e. The quantitative estimate of drug-likeness (QED) is 0.823. The molecule has 3 heterocycles. The maximum absolute atomic E-state index is 5.30. The van der Waals surface area contributed by atoms with E-state index in [0.717, 1.165) is 49.0 Å². The third kappa shape index (κ3) is 4.36. The van der Waals surface area contributed by atoms with Gasteiger partial charge in [-0.25, -0.2) is 15.0 Å². The van der Waals surface area contributed by atoms with Crippen LogP contribution < -0.4 is 4.90 Å². The third-order valence-corrected chi connectivity index (χ3v) is 5.66. The number of methoxy groups -OCH3 is 1. The molecule has 0 bridgehead atoms. The molecule has 1 fully saturated rings. The Morgan fingerprint density at radius 1 is 1.20 bits per heavy atom. The summed E-state index contributed by atoms with van der Waals surface area (Å²) < 4.78 is 5.30. The molecule has 0 N–H and O–H groups in total. The Morgan fingerprint density at radius 3 is 2.48 bits per heavy atom. The Morgan fingerprint density at radius 2 is 1.92 bits per heavy atom. The zero-order valence-electron chi connectivity index (χ0n) is 15.9. The molecule has 1 aliphatic heterocycles. The van der Waals surface area contributed by atoms with Crippen LogP contribution in [0.1, 0.15) is 61.8 Å². The van der Waals surface area contributed by atoms with Crippen molar-refractivity contribution in [2.24, 2.45) is 0 Å². The Balaban J connectivity index is 1.77. The zero-order valence-corrected chi connectivity index (χ0v) is 16.7. The van der Waals surface area contributed by atoms with Gasteiger partial charge in [0.15, 0.2) is 0 Å². The van der Waals surface area contributed by atoms with Gasteiger partial charge in [0.05, 0.1) is 17.3 Å². The summed E-state index contributed by atoms with van der Waals surface area (Å²) in [5.41, 5.74) is 2.02. The standard InChI is InChI=1S/C19H28N4OS/c1-13-12-25-17(20-13)14-6-8-23(9-7-14)16-10-15(11-24-5)21-18(22-16)19(2,3)4/h10,12,14H,6-9,11H2,1-5H3. The van der Waals surface area contributed by atoms with Gasteiger partial charge in [0, 0.05) is 48.7 Å². The largest absolute Gasteiger partial charge is 0.378 e. The second kappa shape index (κ2) is 7.38. The van der Waals surface area contributed by atoms with Gasteiger partial charge in [0.2, 0.25) is 0 Å². The average Bonchev–Trinajstić information content (AvgIpc) is 3.01. The second-order valence-electron chi connectivity index (χ2n) is 7.81. The van der Waals surface area contributed by atoms with E-state index in [4.69, 9.17) is 9.72 Å². The van der Waals surface area contributed by atoms with Gasteiger partial charge in [0.1, 0.15) is 11.6 Å². The minimum absolute atomic E-state index is 0.0742. The Hall–Kier alpha value is -1.53. The van der Waals surface area contributed by atoms with Gasteiger partial charge >= 0.3 is 0 Å². The van der Waals surface area contributed by atoms with E-state index < -0.39 is 0 Å². The van der Waals surface area contributed by atoms with E-state index in [9.17, 15) is 0 Å². The molecule has 5 nitrogen and oxygen atoms in total. The monoisotopic (exact) mass is 360 g/mol. The number of nitrogens with zero attached hydrogens (tertiary/aromatic N) is 4. The lowest BCUT2D eigenvalue weighted by Crippen LogP contribution is -2.34. The molecule has 0 atom stereocenters. The van der Waals surface area contributed by atoms with E-state index >= 15 is 0 Å². The molecule has 0 amide bonds. The lowest BCUT2D eigenvalue weighted by atomic mass is 9.95. The lowest BCUT2D eigenvalue weighted by Gasteiger charge is -2.33. The van der Waals surface area contributed by atoms with Crippen molar-refractivity contribution >= 4 is 17.2 Å². The summed E-state index contributed by atoms with van der Waals surface area (Å²) in [7, 11) is 1.71. The molecule has 1 aliphatic rings. The van der Waals surface area contributed by atoms with Crippen LogP contribution in [-0.2, 0) is 16.8 Å². The number of rotatable bonds is 4. The molecule has 0 unspecified atom stereocenters. The van der Waals surface area contributed by atoms with Gasteiger partial charge in [-0.2, -0.15) is 0 Å². The molecular formula is C19H28N4OS. The highest BCUT2D eigenvalue weighted by atomic mass is 32.1. The first-order valence-electron chi connectivity index (χ1n) is 8.91. The second-order valence-corrected chi connectivity index (χ2v) is 8.70. The van der Waals surface area contributed by atoms with Crippen molar-refractivity contribution in [2.45, 2.75) is 58.5 Å². The van der Waals surface area contributed by atoms with Crippen molar-refractivity contribution in [3.05, 3.63) is 33.7 Å². The molecule has 0 spiro atoms. The molecule has 0 aromatic carbocycles. The number of piperidine rings is 1. The van der Waals surface area contributed by atoms with Crippen molar-refractivity contribution in [3.8, 4) is 0 Å². The van der Waals surface area contributed by atoms with Gasteiger partial charge in [0.25, 0.3) is 0 Å². The van der Waals surface area contributed by atoms with Crippen molar-refractivity contribution in [1.82, 2.24) is 15.0 Å². The number of hydrogen-bond donors (Lipinski definition) is 0. The zero-order chi connectivity index (χ0) is 18.0. The fourth-order valence-corrected chi connectivity index (χ4v) is 4.09. The molecule has 2 aromatic rings. The van der Waals surface area contributed by atoms with Crippen molar-refractivity contribution in [3.63, 3.8) is 0 Å². The van der Waals surface area contributed by atoms with Crippen LogP contribution >= 0.6 is 11.3 Å². The first kappa shape index (κ1) is 18.3. The van der Waals surface area contributed by atoms with Crippen LogP contribution in [0, 0.1) is 6.92 Å². The van der Waals surface area contributed by atoms with E-state index in [0.29, 0.717) is 12.5 Å². The molecule has 0 radical (unpaired) electrons. The summed E-state index contributed by atoms with van der Waals surface area (Å²) >= 11 is 1.80. The van der Waals surface area contributed by atoms with Crippen LogP contribution in [0.15, 0.2) is 11.4 Å². The van der Waals surface area contributed by atoms with Gasteiger partial charge in [-0.3, -0.25) is 0 Å². The summed E-state index contributed by atoms with van der Waals surface area (Å²) in [5, 5.41) is 3.44. The SMILES string of the molecule is COCc1cc(N2CCC(c3nc(C)cs3)CC2)nc(C(C)(C)C)n1. The van der Waals surface area contributed by atoms with Gasteiger partial charge < -0.3 is 9.64 Å². The molecule has 3 rings (SSSR count). The maximum atomic E-state index is 5.30. The Bertz CT molecular complexity index is 714. The first-order chi connectivity index (χ1) is 11.9. The van der Waals surface area contributed by atoms with Gasteiger partial charge in [-0.05, 0) is 19.8 Å². The topological polar surface area (TPSA) is 51.1 Å². The highest BCUT2D eigenvalue weighted by Gasteiger charge is 2.26. The molecule has 136 valence electrons. The number of hydrogen-bond acceptors (Lipinski definition) is 6. The molecule has 6 heteroatoms. The van der Waals surface area contributed by atoms with Crippen LogP contribution in [-0.4, -0.2) is 35.2 Å². The van der Waals surface area contributed by atoms with Crippen LogP contribution in [0.4, 0.5) is 5.82 Å². The number of aromatic nitrogens is 3. The minimum Gasteiger partial charge on any atom is -0.378 e. The fraction of sp³-hybridized carbons (Fsp3) is 0.632. The molecule has 25 heavy (non-hydrogen) atoms. The van der Waals surface area contributed by atoms with Crippen LogP contribution in [0.5, 0.6) is 0 Å². The first-order valence-corrected chi connectivity index (χ1v) is 9.79. The molecule has 2 aromatic heterocycles. The van der Waals surface area contributed by atoms with Crippen molar-refractivity contribution in [2.75, 3.05) is 25.1 Å². The van der Waals surface area contributed by atoms with Gasteiger partial charge in [-0.1, -0.05) is 20.8 Å². The van der Waals surface area contributed by atoms with E-state index in [1.54, 1.807) is 18.4 Å². The summed E-state index contributed by atoms with van der Waals surface area (Å²) in [5.74, 6) is 2.49.